The fourth-order valence-electron chi connectivity index (χ4n) is 5.24. The number of carbonyl (C=O) groups excluding carboxylic acids is 1. The maximum Gasteiger partial charge on any atom is 0.271 e. The van der Waals surface area contributed by atoms with Gasteiger partial charge in [-0.1, -0.05) is 53.8 Å². The van der Waals surface area contributed by atoms with E-state index in [-0.39, 0.29) is 11.5 Å². The summed E-state index contributed by atoms with van der Waals surface area (Å²) in [5.74, 6) is 1.24. The predicted molar refractivity (Wildman–Crippen MR) is 176 cm³/mol. The zero-order chi connectivity index (χ0) is 30.8. The predicted octanol–water partition coefficient (Wildman–Crippen LogP) is 6.14. The molecule has 1 atom stereocenters. The molecule has 1 N–H and O–H groups in total. The van der Waals surface area contributed by atoms with Crippen molar-refractivity contribution in [1.82, 2.24) is 4.57 Å². The summed E-state index contributed by atoms with van der Waals surface area (Å²) in [5.41, 5.74) is 5.46. The molecule has 7 nitrogen and oxygen atoms in total. The molecule has 0 bridgehead atoms. The molecule has 3 aromatic carbocycles. The number of methoxy groups -OCH3 is 1. The summed E-state index contributed by atoms with van der Waals surface area (Å²) < 4.78 is 13.9. The van der Waals surface area contributed by atoms with E-state index in [0.29, 0.717) is 38.6 Å². The number of hydrogen-bond donors (Lipinski definition) is 1. The third-order valence-electron chi connectivity index (χ3n) is 7.65. The number of benzene rings is 3. The SMILES string of the molecule is COc1ccc(/C=c2/sc3n(c2=O)[C@H](c2cccs2)C(C(=O)Nc2ccccc2)=C(C)N=3)cc1COc1cccc(C)c1C. The highest BCUT2D eigenvalue weighted by Crippen LogP contribution is 2.33. The number of thiophene rings is 1. The van der Waals surface area contributed by atoms with Crippen molar-refractivity contribution in [2.45, 2.75) is 33.4 Å². The number of fused-ring (bicyclic) bond motifs is 1. The van der Waals surface area contributed by atoms with Crippen molar-refractivity contribution in [3.8, 4) is 11.5 Å². The summed E-state index contributed by atoms with van der Waals surface area (Å²) in [7, 11) is 1.63. The molecule has 1 amide bonds. The van der Waals surface area contributed by atoms with Crippen molar-refractivity contribution in [3.05, 3.63) is 142 Å². The highest BCUT2D eigenvalue weighted by atomic mass is 32.1. The molecule has 0 fully saturated rings. The summed E-state index contributed by atoms with van der Waals surface area (Å²) in [6.45, 7) is 6.24. The van der Waals surface area contributed by atoms with E-state index in [1.165, 1.54) is 22.7 Å². The van der Waals surface area contributed by atoms with E-state index >= 15 is 0 Å². The Morgan fingerprint density at radius 3 is 2.57 bits per heavy atom. The number of ether oxygens (including phenoxy) is 2. The normalized spacial score (nSPS) is 14.6. The summed E-state index contributed by atoms with van der Waals surface area (Å²) in [6.07, 6.45) is 1.86. The van der Waals surface area contributed by atoms with Gasteiger partial charge in [-0.15, -0.1) is 11.3 Å². The van der Waals surface area contributed by atoms with Crippen molar-refractivity contribution in [1.29, 1.82) is 0 Å². The number of nitrogens with one attached hydrogen (secondary N) is 1. The second-order valence-electron chi connectivity index (χ2n) is 10.5. The first kappa shape index (κ1) is 29.3. The van der Waals surface area contributed by atoms with Crippen LogP contribution >= 0.6 is 22.7 Å². The lowest BCUT2D eigenvalue weighted by Crippen LogP contribution is -2.40. The number of aryl methyl sites for hydroxylation is 1. The van der Waals surface area contributed by atoms with Gasteiger partial charge in [-0.05, 0) is 85.3 Å². The molecule has 2 aromatic heterocycles. The first-order valence-electron chi connectivity index (χ1n) is 14.1. The monoisotopic (exact) mass is 621 g/mol. The molecule has 1 aliphatic rings. The minimum absolute atomic E-state index is 0.200. The number of carbonyl (C=O) groups is 1. The molecular weight excluding hydrogens is 591 g/mol. The number of para-hydroxylation sites is 1. The molecule has 3 heterocycles. The number of amides is 1. The van der Waals surface area contributed by atoms with E-state index in [1.807, 2.05) is 98.1 Å². The molecule has 0 spiro atoms. The lowest BCUT2D eigenvalue weighted by molar-refractivity contribution is -0.113. The Balaban J connectivity index is 1.38. The smallest absolute Gasteiger partial charge is 0.271 e. The van der Waals surface area contributed by atoms with Gasteiger partial charge in [0.1, 0.15) is 24.1 Å². The molecule has 6 rings (SSSR count). The molecule has 0 aliphatic carbocycles. The standard InChI is InChI=1S/C35H31N3O4S2/c1-21-10-8-13-27(22(21)2)42-20-25-18-24(15-16-28(25)41-4)19-30-34(40)38-32(29-14-9-17-43-29)31(23(3)36-35(38)44-30)33(39)37-26-11-6-5-7-12-26/h5-19,32H,20H2,1-4H3,(H,37,39)/b30-19+/t32-/m1/s1. The average molecular weight is 622 g/mol. The number of rotatable bonds is 8. The highest BCUT2D eigenvalue weighted by Gasteiger charge is 2.33. The maximum atomic E-state index is 14.0. The largest absolute Gasteiger partial charge is 0.496 e. The van der Waals surface area contributed by atoms with Gasteiger partial charge < -0.3 is 14.8 Å². The summed E-state index contributed by atoms with van der Waals surface area (Å²) in [4.78, 5) is 33.9. The van der Waals surface area contributed by atoms with Crippen LogP contribution in [0, 0.1) is 13.8 Å². The van der Waals surface area contributed by atoms with E-state index in [9.17, 15) is 9.59 Å². The lowest BCUT2D eigenvalue weighted by atomic mass is 10.0. The summed E-state index contributed by atoms with van der Waals surface area (Å²) in [5, 5.41) is 4.93. The van der Waals surface area contributed by atoms with Crippen LogP contribution in [0.2, 0.25) is 0 Å². The van der Waals surface area contributed by atoms with Gasteiger partial charge >= 0.3 is 0 Å². The van der Waals surface area contributed by atoms with E-state index in [4.69, 9.17) is 14.5 Å². The average Bonchev–Trinajstić information content (AvgIpc) is 3.66. The zero-order valence-corrected chi connectivity index (χ0v) is 26.4. The third-order valence-corrected chi connectivity index (χ3v) is 9.56. The second kappa shape index (κ2) is 12.5. The van der Waals surface area contributed by atoms with Gasteiger partial charge in [0.25, 0.3) is 11.5 Å². The van der Waals surface area contributed by atoms with Crippen LogP contribution in [-0.4, -0.2) is 17.6 Å². The van der Waals surface area contributed by atoms with Gasteiger partial charge in [0.2, 0.25) is 0 Å². The fourth-order valence-corrected chi connectivity index (χ4v) is 7.11. The van der Waals surface area contributed by atoms with E-state index in [1.54, 1.807) is 11.7 Å². The highest BCUT2D eigenvalue weighted by molar-refractivity contribution is 7.10. The number of nitrogens with zero attached hydrogens (tertiary/aromatic N) is 2. The Morgan fingerprint density at radius 1 is 1.00 bits per heavy atom. The Hall–Kier alpha value is -4.73. The molecule has 9 heteroatoms. The van der Waals surface area contributed by atoms with Crippen LogP contribution in [0.1, 0.15) is 40.1 Å². The molecule has 1 aliphatic heterocycles. The van der Waals surface area contributed by atoms with Crippen molar-refractivity contribution in [2.75, 3.05) is 12.4 Å². The molecular formula is C35H31N3O4S2. The maximum absolute atomic E-state index is 14.0. The Kier molecular flexibility index (Phi) is 8.32. The van der Waals surface area contributed by atoms with Gasteiger partial charge in [0.15, 0.2) is 4.80 Å². The van der Waals surface area contributed by atoms with Crippen LogP contribution in [0.3, 0.4) is 0 Å². The van der Waals surface area contributed by atoms with Gasteiger partial charge in [0, 0.05) is 16.1 Å². The Bertz CT molecular complexity index is 2060. The van der Waals surface area contributed by atoms with Crippen molar-refractivity contribution < 1.29 is 14.3 Å². The van der Waals surface area contributed by atoms with Crippen LogP contribution in [0.25, 0.3) is 6.08 Å². The molecule has 0 radical (unpaired) electrons. The van der Waals surface area contributed by atoms with Crippen LogP contribution in [0.5, 0.6) is 11.5 Å². The molecule has 0 saturated heterocycles. The van der Waals surface area contributed by atoms with Gasteiger partial charge in [0.05, 0.1) is 22.9 Å². The van der Waals surface area contributed by atoms with E-state index in [2.05, 4.69) is 18.3 Å². The molecule has 0 saturated carbocycles. The summed E-state index contributed by atoms with van der Waals surface area (Å²) in [6, 6.07) is 24.3. The van der Waals surface area contributed by atoms with Crippen LogP contribution in [0.4, 0.5) is 5.69 Å². The molecule has 0 unspecified atom stereocenters. The van der Waals surface area contributed by atoms with Crippen molar-refractivity contribution >= 4 is 40.3 Å². The third kappa shape index (κ3) is 5.76. The quantitative estimate of drug-likeness (QED) is 0.226. The molecule has 44 heavy (non-hydrogen) atoms. The molecule has 222 valence electrons. The topological polar surface area (TPSA) is 81.9 Å². The van der Waals surface area contributed by atoms with E-state index < -0.39 is 6.04 Å². The van der Waals surface area contributed by atoms with Crippen LogP contribution in [-0.2, 0) is 11.4 Å². The number of aromatic nitrogens is 1. The minimum Gasteiger partial charge on any atom is -0.496 e. The lowest BCUT2D eigenvalue weighted by Gasteiger charge is -2.24. The van der Waals surface area contributed by atoms with Crippen molar-refractivity contribution in [3.63, 3.8) is 0 Å². The van der Waals surface area contributed by atoms with Gasteiger partial charge in [-0.25, -0.2) is 4.99 Å². The van der Waals surface area contributed by atoms with Crippen LogP contribution in [0.15, 0.2) is 105 Å². The number of thiazole rings is 1. The Morgan fingerprint density at radius 2 is 1.82 bits per heavy atom. The Labute approximate surface area is 263 Å². The first-order valence-corrected chi connectivity index (χ1v) is 15.8. The van der Waals surface area contributed by atoms with Gasteiger partial charge in [-0.3, -0.25) is 14.2 Å². The van der Waals surface area contributed by atoms with Crippen molar-refractivity contribution in [2.24, 2.45) is 4.99 Å². The van der Waals surface area contributed by atoms with Crippen LogP contribution < -0.4 is 29.7 Å². The number of hydrogen-bond acceptors (Lipinski definition) is 7. The minimum atomic E-state index is -0.588. The fraction of sp³-hybridized carbons (Fsp3) is 0.171. The molecule has 5 aromatic rings. The first-order chi connectivity index (χ1) is 21.3. The number of anilines is 1. The second-order valence-corrected chi connectivity index (χ2v) is 12.5. The number of allylic oxidation sites excluding steroid dienone is 1. The van der Waals surface area contributed by atoms with Gasteiger partial charge in [-0.2, -0.15) is 0 Å². The summed E-state index contributed by atoms with van der Waals surface area (Å²) >= 11 is 2.82. The zero-order valence-electron chi connectivity index (χ0n) is 24.8. The van der Waals surface area contributed by atoms with E-state index in [0.717, 1.165) is 32.9 Å².